The molecule has 0 atom stereocenters. The molecule has 2 amide bonds. The van der Waals surface area contributed by atoms with Gasteiger partial charge >= 0.3 is 0 Å². The largest absolute Gasteiger partial charge is 0.497 e. The number of anilines is 3. The second kappa shape index (κ2) is 9.58. The van der Waals surface area contributed by atoms with E-state index in [1.54, 1.807) is 18.7 Å². The Morgan fingerprint density at radius 1 is 1.25 bits per heavy atom. The number of methoxy groups -OCH3 is 1. The topological polar surface area (TPSA) is 126 Å². The number of para-hydroxylation sites is 1. The number of nitrogens with one attached hydrogen (secondary N) is 2. The lowest BCUT2D eigenvalue weighted by Gasteiger charge is -2.31. The molecular formula is C22H23N5O5. The number of benzene rings is 2. The average molecular weight is 437 g/mol. The van der Waals surface area contributed by atoms with Gasteiger partial charge in [-0.3, -0.25) is 14.8 Å². The van der Waals surface area contributed by atoms with E-state index in [1.165, 1.54) is 0 Å². The molecule has 0 saturated heterocycles. The van der Waals surface area contributed by atoms with Crippen LogP contribution in [0.15, 0.2) is 42.5 Å². The Morgan fingerprint density at radius 2 is 2.09 bits per heavy atom. The Morgan fingerprint density at radius 3 is 2.91 bits per heavy atom. The molecular weight excluding hydrogens is 414 g/mol. The number of hydrogen-bond acceptors (Lipinski definition) is 8. The first-order valence-electron chi connectivity index (χ1n) is 10.1. The molecule has 0 unspecified atom stereocenters. The number of fused-ring (bicyclic) bond motifs is 2. The second-order valence-electron chi connectivity index (χ2n) is 7.19. The maximum Gasteiger partial charge on any atom is 0.244 e. The Balaban J connectivity index is 1.64. The van der Waals surface area contributed by atoms with Gasteiger partial charge in [0, 0.05) is 24.5 Å². The van der Waals surface area contributed by atoms with Crippen LogP contribution in [0.4, 0.5) is 17.2 Å². The molecule has 0 fully saturated rings. The van der Waals surface area contributed by atoms with E-state index in [4.69, 9.17) is 19.7 Å². The second-order valence-corrected chi connectivity index (χ2v) is 7.19. The van der Waals surface area contributed by atoms with Gasteiger partial charge in [-0.05, 0) is 30.7 Å². The first kappa shape index (κ1) is 21.5. The number of rotatable bonds is 8. The maximum atomic E-state index is 12.4. The molecule has 0 aliphatic carbocycles. The van der Waals surface area contributed by atoms with Crippen molar-refractivity contribution < 1.29 is 24.3 Å². The minimum atomic E-state index is -0.462. The van der Waals surface area contributed by atoms with Crippen LogP contribution in [0.2, 0.25) is 0 Å². The van der Waals surface area contributed by atoms with E-state index >= 15 is 0 Å². The van der Waals surface area contributed by atoms with Crippen molar-refractivity contribution in [3.8, 4) is 5.75 Å². The molecule has 0 saturated carbocycles. The SMILES string of the molecule is COc1ccc2c(c1)NC(=O)CN2c1nc(COCCCC(=O)NO)nc2ccccc12. The van der Waals surface area contributed by atoms with Gasteiger partial charge < -0.3 is 19.7 Å². The lowest BCUT2D eigenvalue weighted by molar-refractivity contribution is -0.129. The number of hydrogen-bond donors (Lipinski definition) is 3. The fraction of sp³-hybridized carbons (Fsp3) is 0.273. The summed E-state index contributed by atoms with van der Waals surface area (Å²) in [6.07, 6.45) is 0.609. The van der Waals surface area contributed by atoms with Crippen molar-refractivity contribution in [2.75, 3.05) is 30.5 Å². The van der Waals surface area contributed by atoms with E-state index in [-0.39, 0.29) is 25.5 Å². The molecule has 1 aromatic heterocycles. The lowest BCUT2D eigenvalue weighted by atomic mass is 10.1. The maximum absolute atomic E-state index is 12.4. The van der Waals surface area contributed by atoms with E-state index < -0.39 is 5.91 Å². The first-order chi connectivity index (χ1) is 15.6. The van der Waals surface area contributed by atoms with E-state index in [2.05, 4.69) is 10.3 Å². The number of aromatic nitrogens is 2. The quantitative estimate of drug-likeness (QED) is 0.279. The molecule has 166 valence electrons. The van der Waals surface area contributed by atoms with Crippen LogP contribution in [-0.4, -0.2) is 47.3 Å². The third-order valence-corrected chi connectivity index (χ3v) is 5.00. The van der Waals surface area contributed by atoms with Gasteiger partial charge in [0.05, 0.1) is 24.0 Å². The van der Waals surface area contributed by atoms with Crippen LogP contribution in [0.1, 0.15) is 18.7 Å². The molecule has 4 rings (SSSR count). The smallest absolute Gasteiger partial charge is 0.244 e. The molecule has 0 spiro atoms. The van der Waals surface area contributed by atoms with Crippen molar-refractivity contribution in [2.24, 2.45) is 0 Å². The van der Waals surface area contributed by atoms with E-state index in [1.807, 2.05) is 41.3 Å². The van der Waals surface area contributed by atoms with Gasteiger partial charge in [0.25, 0.3) is 0 Å². The van der Waals surface area contributed by atoms with Crippen LogP contribution in [-0.2, 0) is 20.9 Å². The molecule has 3 N–H and O–H groups in total. The zero-order valence-electron chi connectivity index (χ0n) is 17.5. The van der Waals surface area contributed by atoms with Crippen molar-refractivity contribution in [3.05, 3.63) is 48.3 Å². The molecule has 10 nitrogen and oxygen atoms in total. The van der Waals surface area contributed by atoms with Crippen molar-refractivity contribution in [1.29, 1.82) is 0 Å². The van der Waals surface area contributed by atoms with Gasteiger partial charge in [0.15, 0.2) is 5.82 Å². The van der Waals surface area contributed by atoms with Gasteiger partial charge in [-0.15, -0.1) is 0 Å². The van der Waals surface area contributed by atoms with Gasteiger partial charge in [-0.2, -0.15) is 0 Å². The summed E-state index contributed by atoms with van der Waals surface area (Å²) in [6.45, 7) is 0.568. The summed E-state index contributed by atoms with van der Waals surface area (Å²) >= 11 is 0. The number of nitrogens with zero attached hydrogens (tertiary/aromatic N) is 3. The number of ether oxygens (including phenoxy) is 2. The molecule has 0 bridgehead atoms. The van der Waals surface area contributed by atoms with Crippen LogP contribution in [0.25, 0.3) is 10.9 Å². The standard InChI is InChI=1S/C22H23N5O5/c1-31-14-8-9-18-17(11-14)24-21(29)12-27(18)22-15-5-2-3-6-16(15)23-19(25-22)13-32-10-4-7-20(28)26-30/h2-3,5-6,8-9,11,30H,4,7,10,12-13H2,1H3,(H,24,29)(H,26,28). The van der Waals surface area contributed by atoms with E-state index in [0.717, 1.165) is 16.6 Å². The normalized spacial score (nSPS) is 12.9. The average Bonchev–Trinajstić information content (AvgIpc) is 2.82. The van der Waals surface area contributed by atoms with Crippen LogP contribution in [0.3, 0.4) is 0 Å². The van der Waals surface area contributed by atoms with Crippen molar-refractivity contribution >= 4 is 39.9 Å². The zero-order valence-corrected chi connectivity index (χ0v) is 17.5. The third kappa shape index (κ3) is 4.61. The Labute approximate surface area is 184 Å². The van der Waals surface area contributed by atoms with Crippen LogP contribution in [0.5, 0.6) is 5.75 Å². The predicted molar refractivity (Wildman–Crippen MR) is 117 cm³/mol. The van der Waals surface area contributed by atoms with E-state index in [9.17, 15) is 9.59 Å². The zero-order chi connectivity index (χ0) is 22.5. The Hall–Kier alpha value is -3.76. The highest BCUT2D eigenvalue weighted by atomic mass is 16.5. The summed E-state index contributed by atoms with van der Waals surface area (Å²) in [6, 6.07) is 13.1. The summed E-state index contributed by atoms with van der Waals surface area (Å²) in [5.74, 6) is 1.09. The number of carbonyl (C=O) groups excluding carboxylic acids is 2. The van der Waals surface area contributed by atoms with Crippen molar-refractivity contribution in [2.45, 2.75) is 19.4 Å². The first-order valence-corrected chi connectivity index (χ1v) is 10.1. The summed E-state index contributed by atoms with van der Waals surface area (Å²) < 4.78 is 10.9. The summed E-state index contributed by atoms with van der Waals surface area (Å²) in [5, 5.41) is 12.2. The van der Waals surface area contributed by atoms with Gasteiger partial charge in [-0.25, -0.2) is 15.4 Å². The Kier molecular flexibility index (Phi) is 6.43. The number of carbonyl (C=O) groups is 2. The minimum Gasteiger partial charge on any atom is -0.497 e. The molecule has 2 heterocycles. The monoisotopic (exact) mass is 437 g/mol. The molecule has 3 aromatic rings. The highest BCUT2D eigenvalue weighted by molar-refractivity contribution is 6.05. The lowest BCUT2D eigenvalue weighted by Crippen LogP contribution is -2.35. The molecule has 10 heteroatoms. The van der Waals surface area contributed by atoms with Gasteiger partial charge in [-0.1, -0.05) is 12.1 Å². The molecule has 1 aliphatic rings. The summed E-state index contributed by atoms with van der Waals surface area (Å²) in [4.78, 5) is 34.7. The van der Waals surface area contributed by atoms with Crippen molar-refractivity contribution in [1.82, 2.24) is 15.4 Å². The predicted octanol–water partition coefficient (Wildman–Crippen LogP) is 2.53. The van der Waals surface area contributed by atoms with Crippen LogP contribution >= 0.6 is 0 Å². The van der Waals surface area contributed by atoms with Gasteiger partial charge in [0.1, 0.15) is 24.7 Å². The Bertz CT molecular complexity index is 1150. The number of amides is 2. The van der Waals surface area contributed by atoms with Crippen LogP contribution in [0, 0.1) is 0 Å². The van der Waals surface area contributed by atoms with Gasteiger partial charge in [0.2, 0.25) is 11.8 Å². The molecule has 1 aliphatic heterocycles. The molecule has 32 heavy (non-hydrogen) atoms. The van der Waals surface area contributed by atoms with Crippen LogP contribution < -0.4 is 20.4 Å². The molecule has 0 radical (unpaired) electrons. The minimum absolute atomic E-state index is 0.108. The highest BCUT2D eigenvalue weighted by Crippen LogP contribution is 2.38. The summed E-state index contributed by atoms with van der Waals surface area (Å²) in [7, 11) is 1.57. The fourth-order valence-electron chi connectivity index (χ4n) is 3.52. The molecule has 2 aromatic carbocycles. The number of hydroxylamine groups is 1. The van der Waals surface area contributed by atoms with E-state index in [0.29, 0.717) is 36.1 Å². The fourth-order valence-corrected chi connectivity index (χ4v) is 3.52. The highest BCUT2D eigenvalue weighted by Gasteiger charge is 2.26. The summed E-state index contributed by atoms with van der Waals surface area (Å²) in [5.41, 5.74) is 3.77. The van der Waals surface area contributed by atoms with Crippen molar-refractivity contribution in [3.63, 3.8) is 0 Å². The third-order valence-electron chi connectivity index (χ3n) is 5.00.